The van der Waals surface area contributed by atoms with E-state index in [2.05, 4.69) is 15.0 Å². The van der Waals surface area contributed by atoms with Gasteiger partial charge in [-0.15, -0.1) is 0 Å². The quantitative estimate of drug-likeness (QED) is 0.703. The maximum atomic E-state index is 5.56. The molecule has 2 N–H and O–H groups in total. The predicted octanol–water partition coefficient (Wildman–Crippen LogP) is 1.78. The van der Waals surface area contributed by atoms with E-state index >= 15 is 0 Å². The summed E-state index contributed by atoms with van der Waals surface area (Å²) in [6.07, 6.45) is 1.65. The molecule has 2 aromatic heterocycles. The molecule has 3 rings (SSSR count). The lowest BCUT2D eigenvalue weighted by molar-refractivity contribution is 0.356. The maximum Gasteiger partial charge on any atom is 0.222 e. The van der Waals surface area contributed by atoms with Gasteiger partial charge in [0.2, 0.25) is 5.95 Å². The molecule has 2 heterocycles. The highest BCUT2D eigenvalue weighted by Gasteiger charge is 2.08. The highest BCUT2D eigenvalue weighted by Crippen LogP contribution is 2.32. The number of nitrogens with zero attached hydrogens (tertiary/aromatic N) is 3. The number of ether oxygens (including phenoxy) is 2. The predicted molar refractivity (Wildman–Crippen MR) is 72.4 cm³/mol. The van der Waals surface area contributed by atoms with Gasteiger partial charge in [0.05, 0.1) is 19.7 Å². The van der Waals surface area contributed by atoms with E-state index < -0.39 is 0 Å². The number of fused-ring (bicyclic) bond motifs is 2. The fraction of sp³-hybridized carbons (Fsp3) is 0.154. The first-order chi connectivity index (χ1) is 9.21. The second-order valence-electron chi connectivity index (χ2n) is 4.03. The molecule has 0 radical (unpaired) electrons. The van der Waals surface area contributed by atoms with Crippen molar-refractivity contribution >= 4 is 27.9 Å². The minimum Gasteiger partial charge on any atom is -0.493 e. The Morgan fingerprint density at radius 2 is 1.68 bits per heavy atom. The van der Waals surface area contributed by atoms with Gasteiger partial charge in [0.1, 0.15) is 0 Å². The Kier molecular flexibility index (Phi) is 2.56. The Morgan fingerprint density at radius 1 is 0.947 bits per heavy atom. The van der Waals surface area contributed by atoms with E-state index in [1.807, 2.05) is 18.2 Å². The molecule has 1 aromatic carbocycles. The minimum absolute atomic E-state index is 0.208. The first-order valence-corrected chi connectivity index (χ1v) is 5.66. The number of aromatic nitrogens is 3. The molecular formula is C13H12N4O2. The van der Waals surface area contributed by atoms with Crippen molar-refractivity contribution in [3.8, 4) is 11.5 Å². The van der Waals surface area contributed by atoms with E-state index in [0.717, 1.165) is 16.3 Å². The van der Waals surface area contributed by atoms with Crippen LogP contribution in [0.3, 0.4) is 0 Å². The normalized spacial score (nSPS) is 10.8. The average molecular weight is 256 g/mol. The van der Waals surface area contributed by atoms with Gasteiger partial charge in [-0.25, -0.2) is 9.97 Å². The number of rotatable bonds is 2. The summed E-state index contributed by atoms with van der Waals surface area (Å²) < 4.78 is 10.5. The monoisotopic (exact) mass is 256 g/mol. The van der Waals surface area contributed by atoms with Crippen LogP contribution in [0.1, 0.15) is 0 Å². The third-order valence-electron chi connectivity index (χ3n) is 2.88. The molecule has 96 valence electrons. The second-order valence-corrected chi connectivity index (χ2v) is 4.03. The van der Waals surface area contributed by atoms with Crippen molar-refractivity contribution in [1.29, 1.82) is 0 Å². The number of methoxy groups -OCH3 is 2. The number of anilines is 1. The largest absolute Gasteiger partial charge is 0.493 e. The summed E-state index contributed by atoms with van der Waals surface area (Å²) in [4.78, 5) is 12.5. The summed E-state index contributed by atoms with van der Waals surface area (Å²) in [6.45, 7) is 0. The number of pyridine rings is 1. The van der Waals surface area contributed by atoms with Crippen molar-refractivity contribution in [3.63, 3.8) is 0 Å². The van der Waals surface area contributed by atoms with E-state index in [4.69, 9.17) is 15.2 Å². The van der Waals surface area contributed by atoms with Crippen LogP contribution in [-0.2, 0) is 0 Å². The van der Waals surface area contributed by atoms with Crippen molar-refractivity contribution in [1.82, 2.24) is 15.0 Å². The molecule has 0 aliphatic rings. The third-order valence-corrected chi connectivity index (χ3v) is 2.88. The SMILES string of the molecule is COc1cc2cc3cnc(N)nc3nc2cc1OC. The van der Waals surface area contributed by atoms with Crippen LogP contribution in [-0.4, -0.2) is 29.2 Å². The lowest BCUT2D eigenvalue weighted by atomic mass is 10.1. The topological polar surface area (TPSA) is 83.2 Å². The summed E-state index contributed by atoms with van der Waals surface area (Å²) in [5.41, 5.74) is 6.89. The lowest BCUT2D eigenvalue weighted by Gasteiger charge is -2.09. The first kappa shape index (κ1) is 11.5. The molecule has 6 heteroatoms. The van der Waals surface area contributed by atoms with Crippen molar-refractivity contribution in [2.24, 2.45) is 0 Å². The third kappa shape index (κ3) is 1.87. The zero-order valence-corrected chi connectivity index (χ0v) is 10.5. The smallest absolute Gasteiger partial charge is 0.222 e. The summed E-state index contributed by atoms with van der Waals surface area (Å²) >= 11 is 0. The van der Waals surface area contributed by atoms with Gasteiger partial charge in [0, 0.05) is 23.0 Å². The second kappa shape index (κ2) is 4.24. The number of hydrogen-bond donors (Lipinski definition) is 1. The minimum atomic E-state index is 0.208. The summed E-state index contributed by atoms with van der Waals surface area (Å²) in [5.74, 6) is 1.50. The molecule has 0 saturated carbocycles. The van der Waals surface area contributed by atoms with Crippen molar-refractivity contribution in [3.05, 3.63) is 24.4 Å². The van der Waals surface area contributed by atoms with E-state index in [0.29, 0.717) is 17.1 Å². The summed E-state index contributed by atoms with van der Waals surface area (Å²) in [5, 5.41) is 1.76. The molecule has 3 aromatic rings. The molecule has 0 fully saturated rings. The molecule has 0 unspecified atom stereocenters. The Hall–Kier alpha value is -2.63. The molecule has 0 bridgehead atoms. The fourth-order valence-electron chi connectivity index (χ4n) is 1.96. The van der Waals surface area contributed by atoms with Crippen LogP contribution in [0.15, 0.2) is 24.4 Å². The fourth-order valence-corrected chi connectivity index (χ4v) is 1.96. The molecule has 0 aliphatic heterocycles. The molecule has 6 nitrogen and oxygen atoms in total. The molecular weight excluding hydrogens is 244 g/mol. The van der Waals surface area contributed by atoms with Gasteiger partial charge in [-0.05, 0) is 12.1 Å². The standard InChI is InChI=1S/C13H12N4O2/c1-18-10-4-7-3-8-6-15-13(14)17-12(8)16-9(7)5-11(10)19-2/h3-6H,1-2H3,(H2,14,15,16,17). The van der Waals surface area contributed by atoms with Gasteiger partial charge in [-0.3, -0.25) is 0 Å². The van der Waals surface area contributed by atoms with Crippen LogP contribution in [0.5, 0.6) is 11.5 Å². The Balaban J connectivity index is 2.34. The number of hydrogen-bond acceptors (Lipinski definition) is 6. The zero-order chi connectivity index (χ0) is 13.4. The molecule has 19 heavy (non-hydrogen) atoms. The molecule has 0 spiro atoms. The highest BCUT2D eigenvalue weighted by molar-refractivity contribution is 5.92. The van der Waals surface area contributed by atoms with Crippen molar-refractivity contribution in [2.45, 2.75) is 0 Å². The van der Waals surface area contributed by atoms with Gasteiger partial charge in [-0.2, -0.15) is 4.98 Å². The van der Waals surface area contributed by atoms with Crippen LogP contribution >= 0.6 is 0 Å². The number of benzene rings is 1. The van der Waals surface area contributed by atoms with Gasteiger partial charge >= 0.3 is 0 Å². The van der Waals surface area contributed by atoms with Crippen molar-refractivity contribution in [2.75, 3.05) is 20.0 Å². The number of nitrogen functional groups attached to an aromatic ring is 1. The van der Waals surface area contributed by atoms with Gasteiger partial charge in [0.25, 0.3) is 0 Å². The van der Waals surface area contributed by atoms with Crippen molar-refractivity contribution < 1.29 is 9.47 Å². The number of nitrogens with two attached hydrogens (primary N) is 1. The van der Waals surface area contributed by atoms with Crippen LogP contribution < -0.4 is 15.2 Å². The molecule has 0 amide bonds. The molecule has 0 saturated heterocycles. The molecule has 0 atom stereocenters. The Morgan fingerprint density at radius 3 is 2.42 bits per heavy atom. The highest BCUT2D eigenvalue weighted by atomic mass is 16.5. The maximum absolute atomic E-state index is 5.56. The van der Waals surface area contributed by atoms with E-state index in [9.17, 15) is 0 Å². The first-order valence-electron chi connectivity index (χ1n) is 5.66. The molecule has 0 aliphatic carbocycles. The van der Waals surface area contributed by atoms with E-state index in [1.54, 1.807) is 20.4 Å². The van der Waals surface area contributed by atoms with Gasteiger partial charge in [-0.1, -0.05) is 0 Å². The zero-order valence-electron chi connectivity index (χ0n) is 10.5. The van der Waals surface area contributed by atoms with E-state index in [1.165, 1.54) is 0 Å². The lowest BCUT2D eigenvalue weighted by Crippen LogP contribution is -1.96. The summed E-state index contributed by atoms with van der Waals surface area (Å²) in [6, 6.07) is 5.63. The Bertz CT molecular complexity index is 773. The van der Waals surface area contributed by atoms with Crippen LogP contribution in [0.2, 0.25) is 0 Å². The van der Waals surface area contributed by atoms with Crippen LogP contribution in [0.4, 0.5) is 5.95 Å². The van der Waals surface area contributed by atoms with Crippen LogP contribution in [0, 0.1) is 0 Å². The van der Waals surface area contributed by atoms with Gasteiger partial charge < -0.3 is 15.2 Å². The van der Waals surface area contributed by atoms with Gasteiger partial charge in [0.15, 0.2) is 17.1 Å². The average Bonchev–Trinajstić information content (AvgIpc) is 2.43. The van der Waals surface area contributed by atoms with Crippen LogP contribution in [0.25, 0.3) is 21.9 Å². The Labute approximate surface area is 109 Å². The van der Waals surface area contributed by atoms with E-state index in [-0.39, 0.29) is 5.95 Å². The summed E-state index contributed by atoms with van der Waals surface area (Å²) in [7, 11) is 3.19.